The van der Waals surface area contributed by atoms with Crippen LogP contribution >= 0.6 is 15.9 Å². The molecule has 0 atom stereocenters. The number of nitrogen functional groups attached to an aromatic ring is 1. The fourth-order valence-corrected chi connectivity index (χ4v) is 2.25. The molecule has 88 valence electrons. The minimum atomic E-state index is -0.155. The Bertz CT molecular complexity index is 396. The van der Waals surface area contributed by atoms with Crippen LogP contribution in [0.3, 0.4) is 0 Å². The third kappa shape index (κ3) is 2.27. The summed E-state index contributed by atoms with van der Waals surface area (Å²) in [6.07, 6.45) is 1.48. The molecule has 0 saturated carbocycles. The average Bonchev–Trinajstić information content (AvgIpc) is 2.20. The summed E-state index contributed by atoms with van der Waals surface area (Å²) < 4.78 is 6.41. The Kier molecular flexibility index (Phi) is 3.03. The molecule has 6 heteroatoms. The fourth-order valence-electron chi connectivity index (χ4n) is 1.79. The summed E-state index contributed by atoms with van der Waals surface area (Å²) in [4.78, 5) is 10.4. The van der Waals surface area contributed by atoms with Gasteiger partial charge in [-0.25, -0.2) is 9.97 Å². The number of morpholine rings is 1. The summed E-state index contributed by atoms with van der Waals surface area (Å²) in [5.41, 5.74) is 5.58. The highest BCUT2D eigenvalue weighted by molar-refractivity contribution is 9.10. The van der Waals surface area contributed by atoms with E-state index in [0.29, 0.717) is 12.4 Å². The third-order valence-corrected chi connectivity index (χ3v) is 3.28. The lowest BCUT2D eigenvalue weighted by Crippen LogP contribution is -2.48. The van der Waals surface area contributed by atoms with E-state index in [2.05, 4.69) is 44.6 Å². The Balaban J connectivity index is 2.27. The number of anilines is 2. The molecule has 0 aromatic carbocycles. The van der Waals surface area contributed by atoms with Crippen LogP contribution in [0.5, 0.6) is 0 Å². The number of nitrogens with zero attached hydrogens (tertiary/aromatic N) is 3. The number of rotatable bonds is 1. The van der Waals surface area contributed by atoms with Gasteiger partial charge < -0.3 is 15.4 Å². The van der Waals surface area contributed by atoms with Crippen molar-refractivity contribution in [2.75, 3.05) is 30.3 Å². The van der Waals surface area contributed by atoms with E-state index < -0.39 is 0 Å². The van der Waals surface area contributed by atoms with E-state index in [9.17, 15) is 0 Å². The normalized spacial score (nSPS) is 19.8. The van der Waals surface area contributed by atoms with Crippen molar-refractivity contribution in [2.45, 2.75) is 19.4 Å². The smallest absolute Gasteiger partial charge is 0.148 e. The molecule has 2 N–H and O–H groups in total. The van der Waals surface area contributed by atoms with Crippen molar-refractivity contribution in [3.05, 3.63) is 10.8 Å². The van der Waals surface area contributed by atoms with Crippen molar-refractivity contribution in [1.82, 2.24) is 9.97 Å². The van der Waals surface area contributed by atoms with Crippen LogP contribution in [-0.2, 0) is 4.74 Å². The van der Waals surface area contributed by atoms with Crippen LogP contribution in [0.25, 0.3) is 0 Å². The van der Waals surface area contributed by atoms with Crippen molar-refractivity contribution in [2.24, 2.45) is 0 Å². The first-order valence-electron chi connectivity index (χ1n) is 5.14. The molecular formula is C10H15BrN4O. The number of aromatic nitrogens is 2. The Labute approximate surface area is 103 Å². The van der Waals surface area contributed by atoms with Gasteiger partial charge in [0.25, 0.3) is 0 Å². The third-order valence-electron chi connectivity index (χ3n) is 2.52. The van der Waals surface area contributed by atoms with Crippen molar-refractivity contribution in [1.29, 1.82) is 0 Å². The molecule has 16 heavy (non-hydrogen) atoms. The van der Waals surface area contributed by atoms with Crippen LogP contribution < -0.4 is 10.6 Å². The van der Waals surface area contributed by atoms with Gasteiger partial charge in [-0.1, -0.05) is 0 Å². The number of nitrogens with two attached hydrogens (primary N) is 1. The van der Waals surface area contributed by atoms with E-state index in [0.717, 1.165) is 23.4 Å². The fraction of sp³-hybridized carbons (Fsp3) is 0.600. The summed E-state index contributed by atoms with van der Waals surface area (Å²) in [7, 11) is 0. The van der Waals surface area contributed by atoms with E-state index in [4.69, 9.17) is 10.5 Å². The predicted molar refractivity (Wildman–Crippen MR) is 66.4 cm³/mol. The molecular weight excluding hydrogens is 272 g/mol. The Morgan fingerprint density at radius 3 is 2.94 bits per heavy atom. The van der Waals surface area contributed by atoms with E-state index in [1.54, 1.807) is 0 Å². The van der Waals surface area contributed by atoms with E-state index >= 15 is 0 Å². The Morgan fingerprint density at radius 1 is 1.50 bits per heavy atom. The van der Waals surface area contributed by atoms with Gasteiger partial charge in [0.1, 0.15) is 22.4 Å². The van der Waals surface area contributed by atoms with Crippen molar-refractivity contribution in [3.63, 3.8) is 0 Å². The minimum absolute atomic E-state index is 0.155. The highest BCUT2D eigenvalue weighted by Crippen LogP contribution is 2.30. The van der Waals surface area contributed by atoms with Crippen molar-refractivity contribution >= 4 is 27.6 Å². The highest BCUT2D eigenvalue weighted by atomic mass is 79.9. The minimum Gasteiger partial charge on any atom is -0.383 e. The SMILES string of the molecule is CC1(C)CN(c2ncnc(N)c2Br)CCO1. The van der Waals surface area contributed by atoms with Gasteiger partial charge in [0.15, 0.2) is 0 Å². The van der Waals surface area contributed by atoms with Crippen LogP contribution in [0, 0.1) is 0 Å². The molecule has 1 aromatic heterocycles. The van der Waals surface area contributed by atoms with Gasteiger partial charge in [0.05, 0.1) is 12.2 Å². The summed E-state index contributed by atoms with van der Waals surface area (Å²) in [5.74, 6) is 1.30. The second-order valence-electron chi connectivity index (χ2n) is 4.43. The molecule has 0 spiro atoms. The van der Waals surface area contributed by atoms with Crippen LogP contribution in [0.2, 0.25) is 0 Å². The molecule has 2 heterocycles. The molecule has 5 nitrogen and oxygen atoms in total. The van der Waals surface area contributed by atoms with Gasteiger partial charge in [-0.3, -0.25) is 0 Å². The van der Waals surface area contributed by atoms with E-state index in [-0.39, 0.29) is 5.60 Å². The maximum Gasteiger partial charge on any atom is 0.148 e. The zero-order chi connectivity index (χ0) is 11.8. The maximum absolute atomic E-state index is 5.74. The first kappa shape index (κ1) is 11.6. The Hall–Kier alpha value is -0.880. The highest BCUT2D eigenvalue weighted by Gasteiger charge is 2.29. The van der Waals surface area contributed by atoms with Gasteiger partial charge in [-0.05, 0) is 29.8 Å². The number of hydrogen-bond acceptors (Lipinski definition) is 5. The zero-order valence-electron chi connectivity index (χ0n) is 9.40. The summed E-state index contributed by atoms with van der Waals surface area (Å²) in [5, 5.41) is 0. The first-order chi connectivity index (χ1) is 7.49. The first-order valence-corrected chi connectivity index (χ1v) is 5.94. The molecule has 0 aliphatic carbocycles. The maximum atomic E-state index is 5.74. The number of hydrogen-bond donors (Lipinski definition) is 1. The average molecular weight is 287 g/mol. The van der Waals surface area contributed by atoms with Gasteiger partial charge >= 0.3 is 0 Å². The molecule has 1 fully saturated rings. The molecule has 1 aliphatic rings. The predicted octanol–water partition coefficient (Wildman–Crippen LogP) is 1.44. The molecule has 1 aromatic rings. The molecule has 0 bridgehead atoms. The summed E-state index contributed by atoms with van der Waals surface area (Å²) in [6.45, 7) is 6.44. The van der Waals surface area contributed by atoms with E-state index in [1.165, 1.54) is 6.33 Å². The lowest BCUT2D eigenvalue weighted by Gasteiger charge is -2.39. The number of ether oxygens (including phenoxy) is 1. The molecule has 1 saturated heterocycles. The quantitative estimate of drug-likeness (QED) is 0.846. The topological polar surface area (TPSA) is 64.3 Å². The lowest BCUT2D eigenvalue weighted by atomic mass is 10.1. The Morgan fingerprint density at radius 2 is 2.25 bits per heavy atom. The summed E-state index contributed by atoms with van der Waals surface area (Å²) >= 11 is 3.42. The second kappa shape index (κ2) is 4.18. The van der Waals surface area contributed by atoms with Gasteiger partial charge in [0.2, 0.25) is 0 Å². The van der Waals surface area contributed by atoms with Crippen molar-refractivity contribution < 1.29 is 4.74 Å². The second-order valence-corrected chi connectivity index (χ2v) is 5.22. The zero-order valence-corrected chi connectivity index (χ0v) is 11.0. The molecule has 1 aliphatic heterocycles. The largest absolute Gasteiger partial charge is 0.383 e. The number of halogens is 1. The standard InChI is InChI=1S/C10H15BrN4O/c1-10(2)5-15(3-4-16-10)9-7(11)8(12)13-6-14-9/h6H,3-5H2,1-2H3,(H2,12,13,14). The van der Waals surface area contributed by atoms with Crippen LogP contribution in [0.4, 0.5) is 11.6 Å². The molecule has 2 rings (SSSR count). The lowest BCUT2D eigenvalue weighted by molar-refractivity contribution is -0.0279. The van der Waals surface area contributed by atoms with Crippen LogP contribution in [0.15, 0.2) is 10.8 Å². The molecule has 0 unspecified atom stereocenters. The van der Waals surface area contributed by atoms with Gasteiger partial charge in [-0.2, -0.15) is 0 Å². The summed E-state index contributed by atoms with van der Waals surface area (Å²) in [6, 6.07) is 0. The van der Waals surface area contributed by atoms with Gasteiger partial charge in [0, 0.05) is 13.1 Å². The van der Waals surface area contributed by atoms with E-state index in [1.807, 2.05) is 0 Å². The monoisotopic (exact) mass is 286 g/mol. The molecule has 0 amide bonds. The molecule has 0 radical (unpaired) electrons. The van der Waals surface area contributed by atoms with Crippen molar-refractivity contribution in [3.8, 4) is 0 Å². The van der Waals surface area contributed by atoms with Crippen LogP contribution in [0.1, 0.15) is 13.8 Å². The van der Waals surface area contributed by atoms with Gasteiger partial charge in [-0.15, -0.1) is 0 Å². The van der Waals surface area contributed by atoms with Crippen LogP contribution in [-0.4, -0.2) is 35.3 Å².